The Morgan fingerprint density at radius 1 is 0.867 bits per heavy atom. The molecule has 2 heterocycles. The largest absolute Gasteiger partial charge is 0.508 e. The van der Waals surface area contributed by atoms with Crippen molar-refractivity contribution in [2.45, 2.75) is 33.4 Å². The van der Waals surface area contributed by atoms with Crippen molar-refractivity contribution in [2.75, 3.05) is 0 Å². The average Bonchev–Trinajstić information content (AvgIpc) is 3.33. The maximum absolute atomic E-state index is 10.8. The minimum atomic E-state index is -0.156. The van der Waals surface area contributed by atoms with Gasteiger partial charge < -0.3 is 24.5 Å². The molecule has 0 fully saturated rings. The Kier molecular flexibility index (Phi) is 5.23. The van der Waals surface area contributed by atoms with Crippen LogP contribution in [0.25, 0.3) is 22.4 Å². The molecular weight excluding hydrogens is 378 g/mol. The number of imidazole rings is 1. The lowest BCUT2D eigenvalue weighted by atomic mass is 9.98. The zero-order valence-corrected chi connectivity index (χ0v) is 17.1. The average molecular weight is 403 g/mol. The summed E-state index contributed by atoms with van der Waals surface area (Å²) in [4.78, 5) is 4.06. The number of nitrogens with zero attached hydrogens (tertiary/aromatic N) is 3. The summed E-state index contributed by atoms with van der Waals surface area (Å²) >= 11 is 0. The molecule has 2 aromatic heterocycles. The quantitative estimate of drug-likeness (QED) is 0.430. The fraction of sp³-hybridized carbons (Fsp3) is 0.208. The summed E-state index contributed by atoms with van der Waals surface area (Å²) in [7, 11) is 0. The topological polar surface area (TPSA) is 83.4 Å². The molecule has 0 bridgehead atoms. The van der Waals surface area contributed by atoms with E-state index in [0.717, 1.165) is 35.3 Å². The lowest BCUT2D eigenvalue weighted by molar-refractivity contribution is 0.369. The number of benzene rings is 2. The number of hydrogen-bond donors (Lipinski definition) is 3. The molecule has 30 heavy (non-hydrogen) atoms. The highest BCUT2D eigenvalue weighted by molar-refractivity contribution is 5.89. The van der Waals surface area contributed by atoms with Crippen LogP contribution >= 0.6 is 0 Å². The van der Waals surface area contributed by atoms with E-state index in [1.165, 1.54) is 5.56 Å². The maximum Gasteiger partial charge on any atom is 0.235 e. The van der Waals surface area contributed by atoms with Gasteiger partial charge >= 0.3 is 0 Å². The number of aromatic hydroxyl groups is 3. The summed E-state index contributed by atoms with van der Waals surface area (Å²) in [6.07, 6.45) is 6.16. The molecular formula is C24H25N3O3. The fourth-order valence-corrected chi connectivity index (χ4v) is 3.73. The molecule has 4 rings (SSSR count). The van der Waals surface area contributed by atoms with Gasteiger partial charge in [0.15, 0.2) is 5.75 Å². The van der Waals surface area contributed by atoms with Crippen molar-refractivity contribution in [3.05, 3.63) is 72.3 Å². The second-order valence-electron chi connectivity index (χ2n) is 7.55. The number of rotatable bonds is 6. The first-order valence-electron chi connectivity index (χ1n) is 9.93. The van der Waals surface area contributed by atoms with Crippen LogP contribution in [0.2, 0.25) is 0 Å². The van der Waals surface area contributed by atoms with Crippen LogP contribution in [0.4, 0.5) is 0 Å². The second kappa shape index (κ2) is 7.99. The molecule has 0 spiro atoms. The zero-order chi connectivity index (χ0) is 21.3. The van der Waals surface area contributed by atoms with Crippen LogP contribution in [-0.4, -0.2) is 29.4 Å². The van der Waals surface area contributed by atoms with Crippen molar-refractivity contribution in [3.63, 3.8) is 0 Å². The number of phenols is 1. The smallest absolute Gasteiger partial charge is 0.235 e. The minimum Gasteiger partial charge on any atom is -0.508 e. The van der Waals surface area contributed by atoms with Gasteiger partial charge in [-0.3, -0.25) is 0 Å². The van der Waals surface area contributed by atoms with Crippen LogP contribution < -0.4 is 0 Å². The van der Waals surface area contributed by atoms with Crippen LogP contribution in [0.3, 0.4) is 0 Å². The van der Waals surface area contributed by atoms with E-state index in [9.17, 15) is 15.3 Å². The van der Waals surface area contributed by atoms with Crippen molar-refractivity contribution in [3.8, 4) is 39.8 Å². The first-order chi connectivity index (χ1) is 14.5. The summed E-state index contributed by atoms with van der Waals surface area (Å²) in [5.74, 6) is -0.163. The molecule has 0 aliphatic rings. The maximum atomic E-state index is 10.8. The lowest BCUT2D eigenvalue weighted by Crippen LogP contribution is -2.04. The Morgan fingerprint density at radius 2 is 1.60 bits per heavy atom. The molecule has 2 aromatic carbocycles. The van der Waals surface area contributed by atoms with E-state index in [4.69, 9.17) is 0 Å². The molecule has 0 amide bonds. The van der Waals surface area contributed by atoms with Gasteiger partial charge in [-0.1, -0.05) is 24.3 Å². The highest BCUT2D eigenvalue weighted by Crippen LogP contribution is 2.47. The predicted molar refractivity (Wildman–Crippen MR) is 117 cm³/mol. The van der Waals surface area contributed by atoms with Gasteiger partial charge in [-0.15, -0.1) is 0 Å². The van der Waals surface area contributed by atoms with Crippen LogP contribution in [0.15, 0.2) is 61.2 Å². The third-order valence-electron chi connectivity index (χ3n) is 5.50. The monoisotopic (exact) mass is 403 g/mol. The minimum absolute atomic E-state index is 0.148. The number of aryl methyl sites for hydroxylation is 3. The third-order valence-corrected chi connectivity index (χ3v) is 5.50. The number of phenolic OH excluding ortho intramolecular Hbond substituents is 1. The van der Waals surface area contributed by atoms with Gasteiger partial charge in [0, 0.05) is 25.5 Å². The van der Waals surface area contributed by atoms with Gasteiger partial charge in [-0.05, 0) is 60.7 Å². The molecule has 0 aliphatic heterocycles. The standard InChI is InChI=1S/C24H25N3O3/c1-16-4-5-19(14-17(16)2)22-21(18-6-8-20(28)9-7-18)23(29)24(30)27(22)12-3-11-26-13-10-25-15-26/h4-10,13-15,28-30H,3,11-12H2,1-2H3. The Balaban J connectivity index is 1.82. The molecule has 3 N–H and O–H groups in total. The lowest BCUT2D eigenvalue weighted by Gasteiger charge is -2.14. The Hall–Kier alpha value is -3.67. The van der Waals surface area contributed by atoms with Gasteiger partial charge in [0.1, 0.15) is 5.75 Å². The molecule has 4 aromatic rings. The number of hydrogen-bond acceptors (Lipinski definition) is 4. The van der Waals surface area contributed by atoms with E-state index in [1.54, 1.807) is 41.4 Å². The summed E-state index contributed by atoms with van der Waals surface area (Å²) in [5, 5.41) is 31.3. The van der Waals surface area contributed by atoms with Crippen LogP contribution in [0.1, 0.15) is 17.5 Å². The van der Waals surface area contributed by atoms with Gasteiger partial charge in [0.2, 0.25) is 5.88 Å². The van der Waals surface area contributed by atoms with Crippen molar-refractivity contribution >= 4 is 0 Å². The van der Waals surface area contributed by atoms with E-state index < -0.39 is 0 Å². The molecule has 154 valence electrons. The summed E-state index contributed by atoms with van der Waals surface area (Å²) in [6.45, 7) is 5.38. The van der Waals surface area contributed by atoms with Gasteiger partial charge in [-0.25, -0.2) is 4.98 Å². The first-order valence-corrected chi connectivity index (χ1v) is 9.93. The van der Waals surface area contributed by atoms with E-state index in [1.807, 2.05) is 29.8 Å². The molecule has 0 radical (unpaired) electrons. The second-order valence-corrected chi connectivity index (χ2v) is 7.55. The zero-order valence-electron chi connectivity index (χ0n) is 17.1. The molecule has 6 nitrogen and oxygen atoms in total. The predicted octanol–water partition coefficient (Wildman–Crippen LogP) is 4.84. The van der Waals surface area contributed by atoms with E-state index >= 15 is 0 Å². The van der Waals surface area contributed by atoms with Crippen molar-refractivity contribution < 1.29 is 15.3 Å². The Bertz CT molecular complexity index is 1160. The van der Waals surface area contributed by atoms with Crippen molar-refractivity contribution in [2.24, 2.45) is 0 Å². The molecule has 6 heteroatoms. The summed E-state index contributed by atoms with van der Waals surface area (Å²) in [5.41, 5.74) is 5.26. The molecule has 0 saturated carbocycles. The summed E-state index contributed by atoms with van der Waals surface area (Å²) < 4.78 is 3.75. The molecule has 0 atom stereocenters. The van der Waals surface area contributed by atoms with E-state index in [0.29, 0.717) is 12.1 Å². The van der Waals surface area contributed by atoms with Crippen molar-refractivity contribution in [1.82, 2.24) is 14.1 Å². The molecule has 0 unspecified atom stereocenters. The van der Waals surface area contributed by atoms with E-state index in [-0.39, 0.29) is 17.4 Å². The highest BCUT2D eigenvalue weighted by atomic mass is 16.3. The molecule has 0 saturated heterocycles. The Labute approximate surface area is 175 Å². The van der Waals surface area contributed by atoms with Gasteiger partial charge in [-0.2, -0.15) is 0 Å². The van der Waals surface area contributed by atoms with E-state index in [2.05, 4.69) is 18.0 Å². The SMILES string of the molecule is Cc1ccc(-c2c(-c3ccc(O)cc3)c(O)c(O)n2CCCn2ccnc2)cc1C. The highest BCUT2D eigenvalue weighted by Gasteiger charge is 2.24. The van der Waals surface area contributed by atoms with Crippen molar-refractivity contribution in [1.29, 1.82) is 0 Å². The normalized spacial score (nSPS) is 11.1. The van der Waals surface area contributed by atoms with Crippen LogP contribution in [-0.2, 0) is 13.1 Å². The van der Waals surface area contributed by atoms with Crippen LogP contribution in [0.5, 0.6) is 17.4 Å². The van der Waals surface area contributed by atoms with Gasteiger partial charge in [0.25, 0.3) is 0 Å². The first kappa shape index (κ1) is 19.6. The van der Waals surface area contributed by atoms with Crippen LogP contribution in [0, 0.1) is 13.8 Å². The number of aromatic nitrogens is 3. The summed E-state index contributed by atoms with van der Waals surface area (Å²) in [6, 6.07) is 12.8. The Morgan fingerprint density at radius 3 is 2.27 bits per heavy atom. The molecule has 0 aliphatic carbocycles. The van der Waals surface area contributed by atoms with Gasteiger partial charge in [0.05, 0.1) is 17.6 Å². The third kappa shape index (κ3) is 3.64. The fourth-order valence-electron chi connectivity index (χ4n) is 3.73.